The molecule has 9 heteroatoms. The summed E-state index contributed by atoms with van der Waals surface area (Å²) in [5, 5.41) is 10.5. The number of carbonyl (C=O) groups excluding carboxylic acids is 2. The lowest BCUT2D eigenvalue weighted by molar-refractivity contribution is -0.144. The zero-order chi connectivity index (χ0) is 28.2. The molecule has 3 heterocycles. The quantitative estimate of drug-likeness (QED) is 0.402. The molecule has 1 aromatic carbocycles. The van der Waals surface area contributed by atoms with Crippen LogP contribution in [0.2, 0.25) is 0 Å². The van der Waals surface area contributed by atoms with Gasteiger partial charge in [0.15, 0.2) is 11.5 Å². The lowest BCUT2D eigenvalue weighted by Gasteiger charge is -2.31. The van der Waals surface area contributed by atoms with E-state index >= 15 is 0 Å². The Bertz CT molecular complexity index is 1040. The number of hydrogen-bond acceptors (Lipinski definition) is 6. The Morgan fingerprint density at radius 1 is 1.10 bits per heavy atom. The van der Waals surface area contributed by atoms with E-state index in [1.54, 1.807) is 0 Å². The van der Waals surface area contributed by atoms with E-state index in [0.29, 0.717) is 37.6 Å². The monoisotopic (exact) mass is 543 g/mol. The molecule has 0 aliphatic carbocycles. The fourth-order valence-electron chi connectivity index (χ4n) is 6.22. The molecule has 0 radical (unpaired) electrons. The lowest BCUT2D eigenvalue weighted by Crippen LogP contribution is -2.46. The molecule has 1 unspecified atom stereocenters. The molecule has 216 valence electrons. The second kappa shape index (κ2) is 12.6. The molecule has 0 saturated carbocycles. The summed E-state index contributed by atoms with van der Waals surface area (Å²) in [6.07, 6.45) is 5.22. The Labute approximate surface area is 232 Å². The van der Waals surface area contributed by atoms with Crippen LogP contribution in [0.25, 0.3) is 0 Å². The maximum Gasteiger partial charge on any atom is 0.308 e. The Morgan fingerprint density at radius 3 is 2.41 bits per heavy atom. The van der Waals surface area contributed by atoms with E-state index in [-0.39, 0.29) is 42.5 Å². The number of amides is 2. The predicted molar refractivity (Wildman–Crippen MR) is 148 cm³/mol. The van der Waals surface area contributed by atoms with Crippen molar-refractivity contribution in [3.05, 3.63) is 23.8 Å². The molecule has 1 N–H and O–H groups in total. The predicted octanol–water partition coefficient (Wildman–Crippen LogP) is 3.96. The average Bonchev–Trinajstić information content (AvgIpc) is 3.58. The van der Waals surface area contributed by atoms with Crippen LogP contribution in [0.15, 0.2) is 18.2 Å². The van der Waals surface area contributed by atoms with Gasteiger partial charge in [-0.1, -0.05) is 46.6 Å². The van der Waals surface area contributed by atoms with E-state index in [1.807, 2.05) is 41.8 Å². The number of likely N-dealkylation sites (tertiary alicyclic amines) is 2. The highest BCUT2D eigenvalue weighted by Gasteiger charge is 2.48. The van der Waals surface area contributed by atoms with Gasteiger partial charge in [0.1, 0.15) is 0 Å². The molecule has 1 aromatic rings. The van der Waals surface area contributed by atoms with E-state index < -0.39 is 11.9 Å². The first kappa shape index (κ1) is 29.2. The molecule has 39 heavy (non-hydrogen) atoms. The summed E-state index contributed by atoms with van der Waals surface area (Å²) in [5.74, 6) is -0.436. The minimum Gasteiger partial charge on any atom is -0.481 e. The number of ether oxygens (including phenoxy) is 2. The van der Waals surface area contributed by atoms with Gasteiger partial charge in [-0.3, -0.25) is 19.3 Å². The zero-order valence-electron chi connectivity index (χ0n) is 24.0. The molecule has 0 aromatic heterocycles. The van der Waals surface area contributed by atoms with Crippen LogP contribution in [0.3, 0.4) is 0 Å². The molecular formula is C30H45N3O6. The Kier molecular flexibility index (Phi) is 9.41. The second-order valence-electron chi connectivity index (χ2n) is 11.9. The Balaban J connectivity index is 1.58. The number of carboxylic acid groups (broad SMARTS) is 1. The third-order valence-electron chi connectivity index (χ3n) is 8.68. The van der Waals surface area contributed by atoms with E-state index in [1.165, 1.54) is 0 Å². The summed E-state index contributed by atoms with van der Waals surface area (Å²) < 4.78 is 11.0. The van der Waals surface area contributed by atoms with Crippen LogP contribution in [0, 0.1) is 11.3 Å². The number of rotatable bonds is 13. The maximum atomic E-state index is 13.6. The van der Waals surface area contributed by atoms with Crippen molar-refractivity contribution in [1.82, 2.24) is 14.7 Å². The zero-order valence-corrected chi connectivity index (χ0v) is 24.0. The molecule has 3 atom stereocenters. The number of unbranched alkanes of at least 4 members (excludes halogenated alkanes) is 2. The molecule has 4 rings (SSSR count). The number of aliphatic carboxylic acids is 1. The van der Waals surface area contributed by atoms with Crippen molar-refractivity contribution in [2.24, 2.45) is 11.3 Å². The van der Waals surface area contributed by atoms with Gasteiger partial charge in [0.05, 0.1) is 12.5 Å². The topological polar surface area (TPSA) is 99.6 Å². The van der Waals surface area contributed by atoms with E-state index in [9.17, 15) is 19.5 Å². The van der Waals surface area contributed by atoms with Crippen molar-refractivity contribution >= 4 is 17.8 Å². The molecule has 0 spiro atoms. The standard InChI is InChI=1S/C30H45N3O6/c1-5-7-13-31(14-8-6-2)26(34)19-33-18-22(21-9-10-24-25(17-21)39-20-38-24)27(28(35)36)23(33)11-15-32-16-12-30(3,4)29(32)37/h9-10,17,22-23,27H,5-8,11-16,18-20H2,1-4H3,(H,35,36)/t22?,23-,27+/m1/s1. The minimum absolute atomic E-state index is 0.0516. The van der Waals surface area contributed by atoms with Gasteiger partial charge in [0, 0.05) is 50.1 Å². The second-order valence-corrected chi connectivity index (χ2v) is 11.9. The highest BCUT2D eigenvalue weighted by molar-refractivity contribution is 5.84. The third-order valence-corrected chi connectivity index (χ3v) is 8.68. The van der Waals surface area contributed by atoms with Gasteiger partial charge in [-0.2, -0.15) is 0 Å². The van der Waals surface area contributed by atoms with Gasteiger partial charge >= 0.3 is 5.97 Å². The molecule has 2 saturated heterocycles. The van der Waals surface area contributed by atoms with Crippen molar-refractivity contribution in [1.29, 1.82) is 0 Å². The van der Waals surface area contributed by atoms with E-state index in [2.05, 4.69) is 18.7 Å². The number of nitrogens with zero attached hydrogens (tertiary/aromatic N) is 3. The Hall–Kier alpha value is -2.81. The van der Waals surface area contributed by atoms with Crippen molar-refractivity contribution in [3.8, 4) is 11.5 Å². The van der Waals surface area contributed by atoms with Crippen LogP contribution in [0.4, 0.5) is 0 Å². The molecule has 2 fully saturated rings. The summed E-state index contributed by atoms with van der Waals surface area (Å²) in [5.41, 5.74) is 0.491. The van der Waals surface area contributed by atoms with Crippen LogP contribution >= 0.6 is 0 Å². The molecule has 3 aliphatic rings. The molecule has 0 bridgehead atoms. The Morgan fingerprint density at radius 2 is 1.79 bits per heavy atom. The van der Waals surface area contributed by atoms with Crippen molar-refractivity contribution in [3.63, 3.8) is 0 Å². The van der Waals surface area contributed by atoms with Gasteiger partial charge in [0.2, 0.25) is 18.6 Å². The van der Waals surface area contributed by atoms with Crippen molar-refractivity contribution in [2.45, 2.75) is 78.2 Å². The summed E-state index contributed by atoms with van der Waals surface area (Å²) in [4.78, 5) is 45.1. The third kappa shape index (κ3) is 6.51. The molecule has 3 aliphatic heterocycles. The fraction of sp³-hybridized carbons (Fsp3) is 0.700. The summed E-state index contributed by atoms with van der Waals surface area (Å²) in [6.45, 7) is 11.6. The number of fused-ring (bicyclic) bond motifs is 1. The lowest BCUT2D eigenvalue weighted by atomic mass is 9.84. The highest BCUT2D eigenvalue weighted by Crippen LogP contribution is 2.43. The van der Waals surface area contributed by atoms with Crippen LogP contribution < -0.4 is 9.47 Å². The molecule has 9 nitrogen and oxygen atoms in total. The van der Waals surface area contributed by atoms with Gasteiger partial charge in [0.25, 0.3) is 0 Å². The van der Waals surface area contributed by atoms with Gasteiger partial charge in [-0.15, -0.1) is 0 Å². The van der Waals surface area contributed by atoms with Crippen molar-refractivity contribution in [2.75, 3.05) is 46.1 Å². The van der Waals surface area contributed by atoms with Gasteiger partial charge in [-0.05, 0) is 43.4 Å². The largest absolute Gasteiger partial charge is 0.481 e. The average molecular weight is 544 g/mol. The first-order valence-electron chi connectivity index (χ1n) is 14.6. The maximum absolute atomic E-state index is 13.6. The van der Waals surface area contributed by atoms with E-state index in [0.717, 1.165) is 50.8 Å². The summed E-state index contributed by atoms with van der Waals surface area (Å²) in [7, 11) is 0. The number of carboxylic acids is 1. The van der Waals surface area contributed by atoms with Gasteiger partial charge < -0.3 is 24.4 Å². The first-order chi connectivity index (χ1) is 18.7. The first-order valence-corrected chi connectivity index (χ1v) is 14.6. The van der Waals surface area contributed by atoms with Crippen LogP contribution in [-0.2, 0) is 14.4 Å². The summed E-state index contributed by atoms with van der Waals surface area (Å²) in [6, 6.07) is 5.27. The minimum atomic E-state index is -0.875. The number of hydrogen-bond donors (Lipinski definition) is 1. The van der Waals surface area contributed by atoms with Crippen LogP contribution in [0.5, 0.6) is 11.5 Å². The fourth-order valence-corrected chi connectivity index (χ4v) is 6.22. The number of carbonyl (C=O) groups is 3. The van der Waals surface area contributed by atoms with Crippen LogP contribution in [0.1, 0.15) is 77.7 Å². The molecular weight excluding hydrogens is 498 g/mol. The SMILES string of the molecule is CCCCN(CCCC)C(=O)CN1CC(c2ccc3c(c2)OCO3)[C@H](C(=O)O)[C@H]1CCN1CCC(C)(C)C1=O. The molecule has 2 amide bonds. The normalized spacial score (nSPS) is 23.9. The van der Waals surface area contributed by atoms with E-state index in [4.69, 9.17) is 9.47 Å². The smallest absolute Gasteiger partial charge is 0.308 e. The highest BCUT2D eigenvalue weighted by atomic mass is 16.7. The van der Waals surface area contributed by atoms with Crippen molar-refractivity contribution < 1.29 is 29.0 Å². The number of benzene rings is 1. The van der Waals surface area contributed by atoms with Crippen LogP contribution in [-0.4, -0.2) is 89.7 Å². The summed E-state index contributed by atoms with van der Waals surface area (Å²) >= 11 is 0. The van der Waals surface area contributed by atoms with Gasteiger partial charge in [-0.25, -0.2) is 0 Å².